The van der Waals surface area contributed by atoms with Gasteiger partial charge in [-0.2, -0.15) is 0 Å². The molecule has 0 aliphatic carbocycles. The number of rotatable bonds is 4. The Labute approximate surface area is 162 Å². The van der Waals surface area contributed by atoms with Gasteiger partial charge in [-0.3, -0.25) is 9.59 Å². The van der Waals surface area contributed by atoms with Crippen molar-refractivity contribution in [3.05, 3.63) is 52.5 Å². The number of halogens is 1. The third-order valence-corrected chi connectivity index (χ3v) is 5.11. The Morgan fingerprint density at radius 2 is 2.04 bits per heavy atom. The molecule has 2 aliphatic rings. The van der Waals surface area contributed by atoms with Crippen molar-refractivity contribution >= 4 is 29.1 Å². The van der Waals surface area contributed by atoms with E-state index in [-0.39, 0.29) is 18.6 Å². The molecule has 1 atom stereocenters. The van der Waals surface area contributed by atoms with Gasteiger partial charge in [0.15, 0.2) is 11.5 Å². The van der Waals surface area contributed by atoms with Gasteiger partial charge in [0.1, 0.15) is 5.92 Å². The molecular formula is C20H19ClN2O4. The van der Waals surface area contributed by atoms with Gasteiger partial charge in [-0.1, -0.05) is 17.7 Å². The van der Waals surface area contributed by atoms with Crippen molar-refractivity contribution in [1.29, 1.82) is 0 Å². The van der Waals surface area contributed by atoms with E-state index in [1.165, 1.54) is 0 Å². The first-order valence-electron chi connectivity index (χ1n) is 8.77. The van der Waals surface area contributed by atoms with E-state index in [9.17, 15) is 9.59 Å². The number of carbonyl (C=O) groups is 2. The Bertz CT molecular complexity index is 915. The molecule has 6 nitrogen and oxygen atoms in total. The quantitative estimate of drug-likeness (QED) is 0.820. The molecular weight excluding hydrogens is 368 g/mol. The lowest BCUT2D eigenvalue weighted by Gasteiger charge is -2.19. The standard InChI is InChI=1S/C20H19ClN2O4/c1-12-8-14(21)3-4-16(12)23-7-6-15(20(23)25)19(24)22-10-13-2-5-17-18(9-13)27-11-26-17/h2-5,8-9,15H,6-7,10-11H2,1H3,(H,22,24). The lowest BCUT2D eigenvalue weighted by molar-refractivity contribution is -0.132. The number of anilines is 1. The van der Waals surface area contributed by atoms with E-state index in [0.717, 1.165) is 16.8 Å². The van der Waals surface area contributed by atoms with Crippen LogP contribution in [0, 0.1) is 12.8 Å². The Hall–Kier alpha value is -2.73. The number of carbonyl (C=O) groups excluding carboxylic acids is 2. The maximum atomic E-state index is 12.7. The first kappa shape index (κ1) is 17.7. The second kappa shape index (κ2) is 7.12. The topological polar surface area (TPSA) is 67.9 Å². The molecule has 2 heterocycles. The minimum atomic E-state index is -0.672. The molecule has 0 aromatic heterocycles. The van der Waals surface area contributed by atoms with Crippen LogP contribution in [0.3, 0.4) is 0 Å². The summed E-state index contributed by atoms with van der Waals surface area (Å²) in [6, 6.07) is 10.9. The highest BCUT2D eigenvalue weighted by Crippen LogP contribution is 2.33. The molecule has 1 saturated heterocycles. The Balaban J connectivity index is 1.40. The van der Waals surface area contributed by atoms with Gasteiger partial charge >= 0.3 is 0 Å². The number of fused-ring (bicyclic) bond motifs is 1. The molecule has 0 saturated carbocycles. The summed E-state index contributed by atoms with van der Waals surface area (Å²) < 4.78 is 10.6. The van der Waals surface area contributed by atoms with E-state index in [0.29, 0.717) is 36.0 Å². The molecule has 0 radical (unpaired) electrons. The van der Waals surface area contributed by atoms with Crippen molar-refractivity contribution in [3.63, 3.8) is 0 Å². The minimum absolute atomic E-state index is 0.177. The second-order valence-corrected chi connectivity index (χ2v) is 7.10. The molecule has 2 aromatic rings. The van der Waals surface area contributed by atoms with Crippen molar-refractivity contribution in [2.75, 3.05) is 18.2 Å². The molecule has 0 bridgehead atoms. The predicted molar refractivity (Wildman–Crippen MR) is 101 cm³/mol. The highest BCUT2D eigenvalue weighted by molar-refractivity contribution is 6.30. The van der Waals surface area contributed by atoms with Crippen LogP contribution in [0.5, 0.6) is 11.5 Å². The first-order chi connectivity index (χ1) is 13.0. The minimum Gasteiger partial charge on any atom is -0.454 e. The van der Waals surface area contributed by atoms with Gasteiger partial charge in [0.25, 0.3) is 0 Å². The zero-order valence-corrected chi connectivity index (χ0v) is 15.6. The normalized spacial score (nSPS) is 18.1. The van der Waals surface area contributed by atoms with E-state index < -0.39 is 5.92 Å². The zero-order valence-electron chi connectivity index (χ0n) is 14.8. The summed E-state index contributed by atoms with van der Waals surface area (Å²) in [7, 11) is 0. The molecule has 1 N–H and O–H groups in total. The third-order valence-electron chi connectivity index (χ3n) is 4.88. The van der Waals surface area contributed by atoms with Crippen LogP contribution in [0.4, 0.5) is 5.69 Å². The maximum absolute atomic E-state index is 12.7. The summed E-state index contributed by atoms with van der Waals surface area (Å²) in [4.78, 5) is 27.0. The molecule has 140 valence electrons. The number of hydrogen-bond donors (Lipinski definition) is 1. The molecule has 1 unspecified atom stereocenters. The largest absolute Gasteiger partial charge is 0.454 e. The molecule has 4 rings (SSSR count). The van der Waals surface area contributed by atoms with E-state index in [2.05, 4.69) is 5.32 Å². The van der Waals surface area contributed by atoms with Gasteiger partial charge in [-0.15, -0.1) is 0 Å². The van der Waals surface area contributed by atoms with Crippen molar-refractivity contribution in [2.45, 2.75) is 19.9 Å². The molecule has 1 fully saturated rings. The van der Waals surface area contributed by atoms with Gasteiger partial charge in [-0.05, 0) is 54.8 Å². The SMILES string of the molecule is Cc1cc(Cl)ccc1N1CCC(C(=O)NCc2ccc3c(c2)OCO3)C1=O. The summed E-state index contributed by atoms with van der Waals surface area (Å²) in [5.41, 5.74) is 2.61. The van der Waals surface area contributed by atoms with Crippen LogP contribution >= 0.6 is 11.6 Å². The molecule has 2 aliphatic heterocycles. The second-order valence-electron chi connectivity index (χ2n) is 6.67. The highest BCUT2D eigenvalue weighted by Gasteiger charge is 2.37. The van der Waals surface area contributed by atoms with Crippen molar-refractivity contribution < 1.29 is 19.1 Å². The summed E-state index contributed by atoms with van der Waals surface area (Å²) >= 11 is 5.99. The fourth-order valence-corrected chi connectivity index (χ4v) is 3.67. The summed E-state index contributed by atoms with van der Waals surface area (Å²) in [6.07, 6.45) is 0.494. The van der Waals surface area contributed by atoms with Crippen molar-refractivity contribution in [3.8, 4) is 11.5 Å². The molecule has 0 spiro atoms. The number of hydrogen-bond acceptors (Lipinski definition) is 4. The van der Waals surface area contributed by atoms with Crippen LogP contribution in [0.1, 0.15) is 17.5 Å². The van der Waals surface area contributed by atoms with E-state index in [1.807, 2.05) is 37.3 Å². The lowest BCUT2D eigenvalue weighted by atomic mass is 10.1. The number of nitrogens with one attached hydrogen (secondary N) is 1. The Morgan fingerprint density at radius 3 is 2.85 bits per heavy atom. The smallest absolute Gasteiger partial charge is 0.239 e. The average molecular weight is 387 g/mol. The van der Waals surface area contributed by atoms with E-state index in [4.69, 9.17) is 21.1 Å². The fourth-order valence-electron chi connectivity index (χ4n) is 3.45. The summed E-state index contributed by atoms with van der Waals surface area (Å²) in [5.74, 6) is 0.262. The van der Waals surface area contributed by atoms with Gasteiger partial charge in [0, 0.05) is 23.8 Å². The average Bonchev–Trinajstić information content (AvgIpc) is 3.26. The number of nitrogens with zero attached hydrogens (tertiary/aromatic N) is 1. The molecule has 27 heavy (non-hydrogen) atoms. The number of benzene rings is 2. The van der Waals surface area contributed by atoms with E-state index >= 15 is 0 Å². The number of ether oxygens (including phenoxy) is 2. The van der Waals surface area contributed by atoms with Gasteiger partial charge in [0.2, 0.25) is 18.6 Å². The Kier molecular flexibility index (Phi) is 4.66. The van der Waals surface area contributed by atoms with Crippen LogP contribution < -0.4 is 19.7 Å². The lowest BCUT2D eigenvalue weighted by Crippen LogP contribution is -2.36. The van der Waals surface area contributed by atoms with Gasteiger partial charge < -0.3 is 19.7 Å². The maximum Gasteiger partial charge on any atom is 0.239 e. The third kappa shape index (κ3) is 3.45. The summed E-state index contributed by atoms with van der Waals surface area (Å²) in [6.45, 7) is 2.96. The monoisotopic (exact) mass is 386 g/mol. The van der Waals surface area contributed by atoms with Crippen LogP contribution in [0.2, 0.25) is 5.02 Å². The molecule has 2 aromatic carbocycles. The van der Waals surface area contributed by atoms with Crippen LogP contribution in [-0.2, 0) is 16.1 Å². The fraction of sp³-hybridized carbons (Fsp3) is 0.300. The number of amides is 2. The van der Waals surface area contributed by atoms with Gasteiger partial charge in [0.05, 0.1) is 0 Å². The molecule has 7 heteroatoms. The van der Waals surface area contributed by atoms with Gasteiger partial charge in [-0.25, -0.2) is 0 Å². The van der Waals surface area contributed by atoms with Crippen LogP contribution in [0.25, 0.3) is 0 Å². The first-order valence-corrected chi connectivity index (χ1v) is 9.14. The molecule has 2 amide bonds. The Morgan fingerprint density at radius 1 is 1.22 bits per heavy atom. The van der Waals surface area contributed by atoms with E-state index in [1.54, 1.807) is 11.0 Å². The van der Waals surface area contributed by atoms with Crippen LogP contribution in [-0.4, -0.2) is 25.2 Å². The van der Waals surface area contributed by atoms with Crippen LogP contribution in [0.15, 0.2) is 36.4 Å². The zero-order chi connectivity index (χ0) is 19.0. The summed E-state index contributed by atoms with van der Waals surface area (Å²) in [5, 5.41) is 3.48. The van der Waals surface area contributed by atoms with Crippen molar-refractivity contribution in [1.82, 2.24) is 5.32 Å². The predicted octanol–water partition coefficient (Wildman–Crippen LogP) is 3.05. The van der Waals surface area contributed by atoms with Crippen molar-refractivity contribution in [2.24, 2.45) is 5.92 Å². The number of aryl methyl sites for hydroxylation is 1. The highest BCUT2D eigenvalue weighted by atomic mass is 35.5.